The normalized spacial score (nSPS) is 20.5. The smallest absolute Gasteiger partial charge is 0.220 e. The van der Waals surface area contributed by atoms with E-state index in [1.165, 1.54) is 96.3 Å². The van der Waals surface area contributed by atoms with Crippen LogP contribution < -0.4 is 5.32 Å². The van der Waals surface area contributed by atoms with Gasteiger partial charge in [-0.3, -0.25) is 4.79 Å². The van der Waals surface area contributed by atoms with Crippen molar-refractivity contribution in [1.82, 2.24) is 5.32 Å². The summed E-state index contributed by atoms with van der Waals surface area (Å²) >= 11 is 0. The lowest BCUT2D eigenvalue weighted by Crippen LogP contribution is -2.60. The molecule has 9 heteroatoms. The molecule has 9 nitrogen and oxygen atoms in total. The number of rotatable bonds is 44. The number of unbranched alkanes of at least 4 members (excludes halogenated alkanes) is 20. The number of hydrogen-bond acceptors (Lipinski definition) is 8. The van der Waals surface area contributed by atoms with Crippen molar-refractivity contribution in [3.8, 4) is 0 Å². The molecule has 67 heavy (non-hydrogen) atoms. The Balaban J connectivity index is 2.33. The zero-order chi connectivity index (χ0) is 48.7. The Morgan fingerprint density at radius 3 is 1.37 bits per heavy atom. The molecular weight excluding hydrogens is 839 g/mol. The van der Waals surface area contributed by atoms with Crippen LogP contribution in [0.1, 0.15) is 206 Å². The number of aliphatic hydroxyl groups excluding tert-OH is 5. The zero-order valence-electron chi connectivity index (χ0n) is 42.4. The van der Waals surface area contributed by atoms with E-state index in [1.54, 1.807) is 6.08 Å². The van der Waals surface area contributed by atoms with E-state index in [1.807, 2.05) is 6.08 Å². The highest BCUT2D eigenvalue weighted by atomic mass is 16.7. The summed E-state index contributed by atoms with van der Waals surface area (Å²) in [5.74, 6) is -0.212. The van der Waals surface area contributed by atoms with Gasteiger partial charge in [0.25, 0.3) is 0 Å². The quantitative estimate of drug-likeness (QED) is 0.0261. The molecular formula is C58H99NO8. The lowest BCUT2D eigenvalue weighted by atomic mass is 9.99. The minimum Gasteiger partial charge on any atom is -0.394 e. The third-order valence-electron chi connectivity index (χ3n) is 12.2. The molecule has 1 fully saturated rings. The largest absolute Gasteiger partial charge is 0.394 e. The van der Waals surface area contributed by atoms with Gasteiger partial charge in [-0.15, -0.1) is 0 Å². The maximum atomic E-state index is 13.0. The van der Waals surface area contributed by atoms with Gasteiger partial charge in [0.05, 0.1) is 25.4 Å². The second-order valence-corrected chi connectivity index (χ2v) is 18.3. The summed E-state index contributed by atoms with van der Waals surface area (Å²) in [5.41, 5.74) is 0. The van der Waals surface area contributed by atoms with E-state index in [4.69, 9.17) is 9.47 Å². The lowest BCUT2D eigenvalue weighted by molar-refractivity contribution is -0.302. The van der Waals surface area contributed by atoms with E-state index in [9.17, 15) is 30.3 Å². The molecule has 0 bridgehead atoms. The average Bonchev–Trinajstić information content (AvgIpc) is 3.33. The first-order chi connectivity index (χ1) is 32.8. The second kappa shape index (κ2) is 46.8. The highest BCUT2D eigenvalue weighted by Crippen LogP contribution is 2.23. The van der Waals surface area contributed by atoms with Gasteiger partial charge in [-0.25, -0.2) is 0 Å². The molecule has 0 aliphatic carbocycles. The summed E-state index contributed by atoms with van der Waals surface area (Å²) < 4.78 is 11.2. The molecule has 384 valence electrons. The fourth-order valence-electron chi connectivity index (χ4n) is 7.90. The molecule has 0 aromatic rings. The Hall–Kier alpha value is -2.89. The van der Waals surface area contributed by atoms with Gasteiger partial charge in [-0.05, 0) is 77.0 Å². The van der Waals surface area contributed by atoms with E-state index in [0.29, 0.717) is 12.8 Å². The van der Waals surface area contributed by atoms with Crippen molar-refractivity contribution in [2.75, 3.05) is 13.2 Å². The average molecular weight is 938 g/mol. The van der Waals surface area contributed by atoms with Crippen molar-refractivity contribution in [3.63, 3.8) is 0 Å². The summed E-state index contributed by atoms with van der Waals surface area (Å²) in [6, 6.07) is -0.830. The van der Waals surface area contributed by atoms with Gasteiger partial charge in [0.15, 0.2) is 6.29 Å². The van der Waals surface area contributed by atoms with Crippen molar-refractivity contribution in [2.45, 2.75) is 249 Å². The van der Waals surface area contributed by atoms with Gasteiger partial charge in [0, 0.05) is 6.42 Å². The number of amides is 1. The minimum atomic E-state index is -1.58. The predicted molar refractivity (Wildman–Crippen MR) is 281 cm³/mol. The first-order valence-corrected chi connectivity index (χ1v) is 27.0. The molecule has 7 atom stereocenters. The van der Waals surface area contributed by atoms with Crippen molar-refractivity contribution in [1.29, 1.82) is 0 Å². The maximum Gasteiger partial charge on any atom is 0.220 e. The van der Waals surface area contributed by atoms with Crippen molar-refractivity contribution in [2.24, 2.45) is 0 Å². The molecule has 1 saturated heterocycles. The van der Waals surface area contributed by atoms with Crippen molar-refractivity contribution >= 4 is 5.91 Å². The number of carbonyl (C=O) groups is 1. The van der Waals surface area contributed by atoms with Crippen LogP contribution in [0.3, 0.4) is 0 Å². The molecule has 1 aliphatic rings. The molecule has 7 unspecified atom stereocenters. The highest BCUT2D eigenvalue weighted by molar-refractivity contribution is 5.76. The van der Waals surface area contributed by atoms with E-state index in [-0.39, 0.29) is 12.5 Å². The topological polar surface area (TPSA) is 149 Å². The third kappa shape index (κ3) is 36.7. The van der Waals surface area contributed by atoms with Crippen LogP contribution in [0.25, 0.3) is 0 Å². The maximum absolute atomic E-state index is 13.0. The van der Waals surface area contributed by atoms with E-state index >= 15 is 0 Å². The molecule has 0 radical (unpaired) electrons. The monoisotopic (exact) mass is 938 g/mol. The van der Waals surface area contributed by atoms with Gasteiger partial charge in [-0.1, -0.05) is 220 Å². The summed E-state index contributed by atoms with van der Waals surface area (Å²) in [6.07, 6.45) is 60.2. The van der Waals surface area contributed by atoms with Crippen LogP contribution in [-0.4, -0.2) is 87.5 Å². The van der Waals surface area contributed by atoms with Gasteiger partial charge >= 0.3 is 0 Å². The first kappa shape index (κ1) is 62.1. The van der Waals surface area contributed by atoms with Crippen LogP contribution >= 0.6 is 0 Å². The molecule has 1 heterocycles. The van der Waals surface area contributed by atoms with Crippen LogP contribution in [0, 0.1) is 0 Å². The van der Waals surface area contributed by atoms with Crippen LogP contribution in [0.5, 0.6) is 0 Å². The fraction of sp³-hybridized carbons (Fsp3) is 0.707. The minimum absolute atomic E-state index is 0.208. The Bertz CT molecular complexity index is 1370. The standard InChI is InChI=1S/C58H99NO8/c1-3-5-7-9-11-13-15-17-19-21-23-24-25-26-27-28-30-32-34-36-38-40-42-44-46-48-54(62)59-51(50-66-58-57(65)56(64)55(63)53(49-60)67-58)52(61)47-45-43-41-39-37-35-33-31-29-22-20-18-16-14-12-10-8-6-4-2/h5,7,11,13,17,19,23-24,26-27,30,32,36,38,45,47,51-53,55-58,60-61,63-65H,3-4,6,8-10,12,14-16,18,20-22,25,28-29,31,33-35,37,39-44,46,48-50H2,1-2H3,(H,59,62)/b7-5-,13-11-,19-17-,24-23-,27-26-,32-30-,38-36-,47-45+. The Labute approximate surface area is 409 Å². The summed E-state index contributed by atoms with van der Waals surface area (Å²) in [4.78, 5) is 13.0. The Morgan fingerprint density at radius 2 is 0.925 bits per heavy atom. The Morgan fingerprint density at radius 1 is 0.522 bits per heavy atom. The number of allylic oxidation sites excluding steroid dienone is 15. The van der Waals surface area contributed by atoms with Crippen LogP contribution in [0.15, 0.2) is 97.2 Å². The second-order valence-electron chi connectivity index (χ2n) is 18.3. The zero-order valence-corrected chi connectivity index (χ0v) is 42.4. The number of hydrogen-bond donors (Lipinski definition) is 6. The molecule has 1 rings (SSSR count). The van der Waals surface area contributed by atoms with Crippen molar-refractivity contribution < 1.29 is 39.8 Å². The van der Waals surface area contributed by atoms with Crippen molar-refractivity contribution in [3.05, 3.63) is 97.2 Å². The van der Waals surface area contributed by atoms with Gasteiger partial charge < -0.3 is 40.3 Å². The van der Waals surface area contributed by atoms with E-state index < -0.39 is 49.5 Å². The predicted octanol–water partition coefficient (Wildman–Crippen LogP) is 12.8. The molecule has 0 aromatic heterocycles. The SMILES string of the molecule is CC/C=C\C/C=C\C/C=C\C/C=C\C/C=C\C/C=C\C/C=C\CCCCCC(=O)NC(COC1OC(CO)C(O)C(O)C1O)C(O)/C=C/CCCCCCCCCCCCCCCCCCC. The molecule has 1 amide bonds. The number of ether oxygens (including phenoxy) is 2. The van der Waals surface area contributed by atoms with Crippen LogP contribution in [0.4, 0.5) is 0 Å². The number of aliphatic hydroxyl groups is 5. The van der Waals surface area contributed by atoms with E-state index in [0.717, 1.165) is 83.5 Å². The van der Waals surface area contributed by atoms with Gasteiger partial charge in [0.2, 0.25) is 5.91 Å². The molecule has 0 aromatic carbocycles. The molecule has 0 spiro atoms. The summed E-state index contributed by atoms with van der Waals surface area (Å²) in [7, 11) is 0. The lowest BCUT2D eigenvalue weighted by Gasteiger charge is -2.40. The number of nitrogens with one attached hydrogen (secondary N) is 1. The summed E-state index contributed by atoms with van der Waals surface area (Å²) in [5, 5.41) is 54.4. The highest BCUT2D eigenvalue weighted by Gasteiger charge is 2.44. The molecule has 6 N–H and O–H groups in total. The third-order valence-corrected chi connectivity index (χ3v) is 12.2. The van der Waals surface area contributed by atoms with Crippen LogP contribution in [0.2, 0.25) is 0 Å². The molecule has 1 aliphatic heterocycles. The van der Waals surface area contributed by atoms with E-state index in [2.05, 4.69) is 104 Å². The van der Waals surface area contributed by atoms with Crippen LogP contribution in [-0.2, 0) is 14.3 Å². The first-order valence-electron chi connectivity index (χ1n) is 27.0. The summed E-state index contributed by atoms with van der Waals surface area (Å²) in [6.45, 7) is 3.64. The van der Waals surface area contributed by atoms with Gasteiger partial charge in [-0.2, -0.15) is 0 Å². The Kier molecular flexibility index (Phi) is 43.4. The number of carbonyl (C=O) groups excluding carboxylic acids is 1. The van der Waals surface area contributed by atoms with Gasteiger partial charge in [0.1, 0.15) is 24.4 Å². The fourth-order valence-corrected chi connectivity index (χ4v) is 7.90. The molecule has 0 saturated carbocycles.